The highest BCUT2D eigenvalue weighted by molar-refractivity contribution is 14.1. The molecule has 1 aliphatic heterocycles. The molecule has 1 saturated heterocycles. The predicted octanol–water partition coefficient (Wildman–Crippen LogP) is -2.28. The first-order valence-corrected chi connectivity index (χ1v) is 6.24. The zero-order chi connectivity index (χ0) is 13.4. The summed E-state index contributed by atoms with van der Waals surface area (Å²) in [5.74, 6) is 0. The standard InChI is InChI=1S/C9H12IN3O5/c10-3-1-13(9(17)12-7(3)16)8-5(11)6(15)4(2-14)18-8/h1,4-6,8,14-15H,2,11H2,(H,12,16,17)/t4-,5?,6?,8-/m0/s1. The predicted molar refractivity (Wildman–Crippen MR) is 69.0 cm³/mol. The second kappa shape index (κ2) is 5.09. The average Bonchev–Trinajstić information content (AvgIpc) is 2.61. The summed E-state index contributed by atoms with van der Waals surface area (Å²) in [5.41, 5.74) is 4.57. The van der Waals surface area contributed by atoms with E-state index in [0.29, 0.717) is 3.57 Å². The van der Waals surface area contributed by atoms with Crippen molar-refractivity contribution in [2.75, 3.05) is 6.61 Å². The van der Waals surface area contributed by atoms with Crippen LogP contribution in [0.3, 0.4) is 0 Å². The lowest BCUT2D eigenvalue weighted by atomic mass is 10.1. The van der Waals surface area contributed by atoms with Crippen LogP contribution in [0.25, 0.3) is 0 Å². The lowest BCUT2D eigenvalue weighted by molar-refractivity contribution is -0.0465. The summed E-state index contributed by atoms with van der Waals surface area (Å²) in [4.78, 5) is 25.0. The zero-order valence-corrected chi connectivity index (χ0v) is 11.3. The molecular formula is C9H12IN3O5. The summed E-state index contributed by atoms with van der Waals surface area (Å²) < 4.78 is 6.71. The monoisotopic (exact) mass is 369 g/mol. The second-order valence-corrected chi connectivity index (χ2v) is 5.12. The largest absolute Gasteiger partial charge is 0.394 e. The third kappa shape index (κ3) is 2.23. The Morgan fingerprint density at radius 1 is 1.56 bits per heavy atom. The Morgan fingerprint density at radius 2 is 2.22 bits per heavy atom. The van der Waals surface area contributed by atoms with E-state index in [0.717, 1.165) is 4.57 Å². The molecule has 5 N–H and O–H groups in total. The molecule has 1 aliphatic rings. The van der Waals surface area contributed by atoms with Crippen LogP contribution in [-0.4, -0.2) is 44.6 Å². The Balaban J connectivity index is 2.42. The summed E-state index contributed by atoms with van der Waals surface area (Å²) in [6.45, 7) is -0.402. The van der Waals surface area contributed by atoms with Crippen molar-refractivity contribution in [3.63, 3.8) is 0 Å². The van der Waals surface area contributed by atoms with Gasteiger partial charge < -0.3 is 20.7 Å². The van der Waals surface area contributed by atoms with E-state index in [1.165, 1.54) is 6.20 Å². The Bertz CT molecular complexity index is 556. The first-order valence-electron chi connectivity index (χ1n) is 5.16. The van der Waals surface area contributed by atoms with Crippen LogP contribution < -0.4 is 17.0 Å². The first kappa shape index (κ1) is 13.7. The Morgan fingerprint density at radius 3 is 2.78 bits per heavy atom. The van der Waals surface area contributed by atoms with Crippen molar-refractivity contribution in [3.8, 4) is 0 Å². The fourth-order valence-electron chi connectivity index (χ4n) is 1.82. The second-order valence-electron chi connectivity index (χ2n) is 3.96. The number of rotatable bonds is 2. The van der Waals surface area contributed by atoms with E-state index < -0.39 is 42.3 Å². The van der Waals surface area contributed by atoms with Gasteiger partial charge in [-0.1, -0.05) is 0 Å². The normalized spacial score (nSPS) is 31.8. The van der Waals surface area contributed by atoms with Crippen molar-refractivity contribution >= 4 is 22.6 Å². The number of aliphatic hydroxyl groups is 2. The van der Waals surface area contributed by atoms with Gasteiger partial charge in [0.15, 0.2) is 6.23 Å². The number of halogens is 1. The maximum atomic E-state index is 11.7. The highest BCUT2D eigenvalue weighted by Gasteiger charge is 2.42. The number of nitrogens with zero attached hydrogens (tertiary/aromatic N) is 1. The molecule has 8 nitrogen and oxygen atoms in total. The van der Waals surface area contributed by atoms with Gasteiger partial charge >= 0.3 is 5.69 Å². The van der Waals surface area contributed by atoms with Crippen molar-refractivity contribution in [3.05, 3.63) is 30.6 Å². The van der Waals surface area contributed by atoms with Crippen molar-refractivity contribution in [1.82, 2.24) is 9.55 Å². The van der Waals surface area contributed by atoms with Gasteiger partial charge in [-0.15, -0.1) is 0 Å². The number of aromatic nitrogens is 2. The van der Waals surface area contributed by atoms with E-state index in [1.807, 2.05) is 0 Å². The smallest absolute Gasteiger partial charge is 0.330 e. The van der Waals surface area contributed by atoms with Gasteiger partial charge in [0.2, 0.25) is 0 Å². The summed E-state index contributed by atoms with van der Waals surface area (Å²) in [7, 11) is 0. The lowest BCUT2D eigenvalue weighted by Crippen LogP contribution is -2.43. The minimum atomic E-state index is -1.07. The van der Waals surface area contributed by atoms with E-state index in [9.17, 15) is 14.7 Å². The molecule has 0 radical (unpaired) electrons. The van der Waals surface area contributed by atoms with E-state index in [-0.39, 0.29) is 0 Å². The van der Waals surface area contributed by atoms with Gasteiger partial charge in [0, 0.05) is 6.20 Å². The van der Waals surface area contributed by atoms with Gasteiger partial charge in [-0.25, -0.2) is 4.79 Å². The molecule has 2 heterocycles. The molecule has 0 aliphatic carbocycles. The van der Waals surface area contributed by atoms with E-state index in [2.05, 4.69) is 4.98 Å². The van der Waals surface area contributed by atoms with Gasteiger partial charge in [0.05, 0.1) is 16.2 Å². The number of hydrogen-bond donors (Lipinski definition) is 4. The Hall–Kier alpha value is -0.750. The number of aliphatic hydroxyl groups excluding tert-OH is 2. The minimum absolute atomic E-state index is 0.296. The molecule has 0 bridgehead atoms. The number of ether oxygens (including phenoxy) is 1. The molecule has 4 atom stereocenters. The highest BCUT2D eigenvalue weighted by atomic mass is 127. The minimum Gasteiger partial charge on any atom is -0.394 e. The van der Waals surface area contributed by atoms with E-state index in [1.54, 1.807) is 22.6 Å². The van der Waals surface area contributed by atoms with Gasteiger partial charge in [-0.3, -0.25) is 14.3 Å². The molecule has 0 amide bonds. The number of nitrogens with two attached hydrogens (primary N) is 1. The molecule has 9 heteroatoms. The number of H-pyrrole nitrogens is 1. The average molecular weight is 369 g/mol. The molecule has 2 rings (SSSR count). The molecular weight excluding hydrogens is 357 g/mol. The van der Waals surface area contributed by atoms with Crippen molar-refractivity contribution in [2.24, 2.45) is 5.73 Å². The Labute approximate surface area is 115 Å². The quantitative estimate of drug-likeness (QED) is 0.435. The number of aromatic amines is 1. The molecule has 1 aromatic heterocycles. The summed E-state index contributed by atoms with van der Waals surface area (Å²) in [6.07, 6.45) is -1.54. The molecule has 0 aromatic carbocycles. The fourth-order valence-corrected chi connectivity index (χ4v) is 2.25. The topological polar surface area (TPSA) is 131 Å². The molecule has 1 fully saturated rings. The molecule has 2 unspecified atom stereocenters. The molecule has 1 aromatic rings. The van der Waals surface area contributed by atoms with Crippen LogP contribution in [0.1, 0.15) is 6.23 Å². The van der Waals surface area contributed by atoms with Crippen LogP contribution in [-0.2, 0) is 4.74 Å². The summed E-state index contributed by atoms with van der Waals surface area (Å²) in [5, 5.41) is 18.7. The third-order valence-corrected chi connectivity index (χ3v) is 3.57. The van der Waals surface area contributed by atoms with Crippen LogP contribution in [0.2, 0.25) is 0 Å². The first-order chi connectivity index (χ1) is 8.45. The summed E-state index contributed by atoms with van der Waals surface area (Å²) >= 11 is 1.77. The van der Waals surface area contributed by atoms with Crippen molar-refractivity contribution in [1.29, 1.82) is 0 Å². The van der Waals surface area contributed by atoms with Crippen LogP contribution in [0.15, 0.2) is 15.8 Å². The third-order valence-electron chi connectivity index (χ3n) is 2.80. The zero-order valence-electron chi connectivity index (χ0n) is 9.12. The van der Waals surface area contributed by atoms with Gasteiger partial charge in [0.1, 0.15) is 12.2 Å². The van der Waals surface area contributed by atoms with Gasteiger partial charge in [0.25, 0.3) is 5.56 Å². The van der Waals surface area contributed by atoms with E-state index >= 15 is 0 Å². The molecule has 0 saturated carbocycles. The number of nitrogens with one attached hydrogen (secondary N) is 1. The highest BCUT2D eigenvalue weighted by Crippen LogP contribution is 2.26. The summed E-state index contributed by atoms with van der Waals surface area (Å²) in [6, 6.07) is -0.860. The van der Waals surface area contributed by atoms with Crippen LogP contribution in [0.5, 0.6) is 0 Å². The molecule has 0 spiro atoms. The van der Waals surface area contributed by atoms with Crippen LogP contribution in [0.4, 0.5) is 0 Å². The SMILES string of the molecule is NC1C(O)[C@H](CO)O[C@@H]1n1cc(I)c(=O)[nH]c1=O. The Kier molecular flexibility index (Phi) is 3.87. The molecule has 100 valence electrons. The number of hydrogen-bond acceptors (Lipinski definition) is 6. The van der Waals surface area contributed by atoms with Crippen molar-refractivity contribution < 1.29 is 14.9 Å². The fraction of sp³-hybridized carbons (Fsp3) is 0.556. The maximum Gasteiger partial charge on any atom is 0.330 e. The van der Waals surface area contributed by atoms with Crippen LogP contribution >= 0.6 is 22.6 Å². The van der Waals surface area contributed by atoms with Gasteiger partial charge in [-0.05, 0) is 22.6 Å². The van der Waals surface area contributed by atoms with Gasteiger partial charge in [-0.2, -0.15) is 0 Å². The maximum absolute atomic E-state index is 11.7. The van der Waals surface area contributed by atoms with E-state index in [4.69, 9.17) is 15.6 Å². The lowest BCUT2D eigenvalue weighted by Gasteiger charge is -2.17. The molecule has 18 heavy (non-hydrogen) atoms. The van der Waals surface area contributed by atoms with Crippen molar-refractivity contribution in [2.45, 2.75) is 24.5 Å². The van der Waals surface area contributed by atoms with Crippen LogP contribution in [0, 0.1) is 3.57 Å².